The van der Waals surface area contributed by atoms with Crippen LogP contribution in [0.25, 0.3) is 11.0 Å². The van der Waals surface area contributed by atoms with Gasteiger partial charge in [-0.05, 0) is 18.6 Å². The minimum atomic E-state index is -0.0795. The van der Waals surface area contributed by atoms with Crippen LogP contribution in [-0.4, -0.2) is 35.7 Å². The first kappa shape index (κ1) is 22.4. The van der Waals surface area contributed by atoms with Crippen LogP contribution in [0.2, 0.25) is 0 Å². The third kappa shape index (κ3) is 7.63. The number of hydrogen-bond donors (Lipinski definition) is 1. The Morgan fingerprint density at radius 2 is 1.71 bits per heavy atom. The zero-order valence-electron chi connectivity index (χ0n) is 17.7. The molecule has 0 saturated carbocycles. The van der Waals surface area contributed by atoms with Crippen LogP contribution in [0.5, 0.6) is 0 Å². The molecule has 0 aliphatic heterocycles. The van der Waals surface area contributed by atoms with Crippen molar-refractivity contribution in [2.45, 2.75) is 77.7 Å². The molecule has 156 valence electrons. The fourth-order valence-corrected chi connectivity index (χ4v) is 3.64. The summed E-state index contributed by atoms with van der Waals surface area (Å²) in [6, 6.07) is 8.31. The summed E-state index contributed by atoms with van der Waals surface area (Å²) in [5.74, 6) is 0.975. The molecule has 1 amide bonds. The molecule has 1 heterocycles. The second-order valence-electron chi connectivity index (χ2n) is 7.53. The number of aromatic nitrogens is 2. The number of imidazole rings is 1. The standard InChI is InChI=1S/C23H37N3O2/c1-3-4-5-6-7-8-9-10-13-18-26-21-15-12-11-14-20(21)25-22(26)16-17-24-23(27)19-28-2/h11-12,14-15H,3-10,13,16-19H2,1-2H3,(H,24,27). The number of carbonyl (C=O) groups is 1. The first-order chi connectivity index (χ1) is 13.8. The summed E-state index contributed by atoms with van der Waals surface area (Å²) in [5, 5.41) is 2.89. The average molecular weight is 388 g/mol. The Hall–Kier alpha value is -1.88. The maximum Gasteiger partial charge on any atom is 0.245 e. The molecular weight excluding hydrogens is 350 g/mol. The predicted molar refractivity (Wildman–Crippen MR) is 116 cm³/mol. The Bertz CT molecular complexity index is 696. The molecule has 2 rings (SSSR count). The van der Waals surface area contributed by atoms with E-state index in [-0.39, 0.29) is 12.5 Å². The number of benzene rings is 1. The fourth-order valence-electron chi connectivity index (χ4n) is 3.64. The van der Waals surface area contributed by atoms with Crippen molar-refractivity contribution < 1.29 is 9.53 Å². The highest BCUT2D eigenvalue weighted by Gasteiger charge is 2.10. The molecule has 0 aliphatic carbocycles. The number of ether oxygens (including phenoxy) is 1. The monoisotopic (exact) mass is 387 g/mol. The normalized spacial score (nSPS) is 11.2. The fraction of sp³-hybridized carbons (Fsp3) is 0.652. The molecule has 5 heteroatoms. The van der Waals surface area contributed by atoms with E-state index in [0.29, 0.717) is 6.54 Å². The molecule has 28 heavy (non-hydrogen) atoms. The predicted octanol–water partition coefficient (Wildman–Crippen LogP) is 4.87. The number of rotatable bonds is 15. The van der Waals surface area contributed by atoms with Gasteiger partial charge < -0.3 is 14.6 Å². The van der Waals surface area contributed by atoms with E-state index in [1.807, 2.05) is 6.07 Å². The van der Waals surface area contributed by atoms with Gasteiger partial charge in [0.15, 0.2) is 0 Å². The van der Waals surface area contributed by atoms with Crippen LogP contribution >= 0.6 is 0 Å². The van der Waals surface area contributed by atoms with Gasteiger partial charge in [-0.25, -0.2) is 4.98 Å². The van der Waals surface area contributed by atoms with Crippen molar-refractivity contribution in [2.24, 2.45) is 0 Å². The SMILES string of the molecule is CCCCCCCCCCCn1c(CCNC(=O)COC)nc2ccccc21. The molecule has 1 aromatic heterocycles. The number of amides is 1. The molecule has 0 unspecified atom stereocenters. The van der Waals surface area contributed by atoms with E-state index < -0.39 is 0 Å². The Kier molecular flexibility index (Phi) is 10.7. The molecule has 0 spiro atoms. The summed E-state index contributed by atoms with van der Waals surface area (Å²) >= 11 is 0. The summed E-state index contributed by atoms with van der Waals surface area (Å²) in [6.07, 6.45) is 12.7. The van der Waals surface area contributed by atoms with E-state index in [1.54, 1.807) is 0 Å². The lowest BCUT2D eigenvalue weighted by molar-refractivity contribution is -0.124. The van der Waals surface area contributed by atoms with E-state index in [4.69, 9.17) is 9.72 Å². The second-order valence-corrected chi connectivity index (χ2v) is 7.53. The van der Waals surface area contributed by atoms with E-state index in [9.17, 15) is 4.79 Å². The van der Waals surface area contributed by atoms with E-state index >= 15 is 0 Å². The number of para-hydroxylation sites is 2. The van der Waals surface area contributed by atoms with Gasteiger partial charge >= 0.3 is 0 Å². The van der Waals surface area contributed by atoms with E-state index in [0.717, 1.165) is 24.3 Å². The van der Waals surface area contributed by atoms with E-state index in [1.165, 1.54) is 70.4 Å². The number of methoxy groups -OCH3 is 1. The summed E-state index contributed by atoms with van der Waals surface area (Å²) in [4.78, 5) is 16.4. The van der Waals surface area contributed by atoms with Crippen LogP contribution in [-0.2, 0) is 22.5 Å². The van der Waals surface area contributed by atoms with Crippen LogP contribution in [0, 0.1) is 0 Å². The second kappa shape index (κ2) is 13.3. The Balaban J connectivity index is 1.80. The van der Waals surface area contributed by atoms with Gasteiger partial charge in [0, 0.05) is 26.6 Å². The van der Waals surface area contributed by atoms with Crippen molar-refractivity contribution in [1.82, 2.24) is 14.9 Å². The minimum Gasteiger partial charge on any atom is -0.375 e. The third-order valence-corrected chi connectivity index (χ3v) is 5.17. The number of nitrogens with zero attached hydrogens (tertiary/aromatic N) is 2. The van der Waals surface area contributed by atoms with Gasteiger partial charge in [0.1, 0.15) is 12.4 Å². The van der Waals surface area contributed by atoms with Gasteiger partial charge in [-0.3, -0.25) is 4.79 Å². The average Bonchev–Trinajstić information content (AvgIpc) is 3.04. The van der Waals surface area contributed by atoms with Gasteiger partial charge in [0.2, 0.25) is 5.91 Å². The van der Waals surface area contributed by atoms with Crippen molar-refractivity contribution in [3.05, 3.63) is 30.1 Å². The van der Waals surface area contributed by atoms with Crippen molar-refractivity contribution in [1.29, 1.82) is 0 Å². The number of hydrogen-bond acceptors (Lipinski definition) is 3. The molecule has 0 fully saturated rings. The lowest BCUT2D eigenvalue weighted by Crippen LogP contribution is -2.29. The van der Waals surface area contributed by atoms with Crippen molar-refractivity contribution >= 4 is 16.9 Å². The Labute approximate surface area is 169 Å². The highest BCUT2D eigenvalue weighted by atomic mass is 16.5. The largest absolute Gasteiger partial charge is 0.375 e. The van der Waals surface area contributed by atoms with E-state index in [2.05, 4.69) is 35.0 Å². The maximum absolute atomic E-state index is 11.6. The quantitative estimate of drug-likeness (QED) is 0.444. The lowest BCUT2D eigenvalue weighted by atomic mass is 10.1. The Morgan fingerprint density at radius 1 is 1.04 bits per heavy atom. The molecule has 5 nitrogen and oxygen atoms in total. The van der Waals surface area contributed by atoms with Gasteiger partial charge in [0.25, 0.3) is 0 Å². The van der Waals surface area contributed by atoms with Crippen LogP contribution in [0.4, 0.5) is 0 Å². The zero-order chi connectivity index (χ0) is 20.0. The van der Waals surface area contributed by atoms with Crippen LogP contribution < -0.4 is 5.32 Å². The maximum atomic E-state index is 11.6. The van der Waals surface area contributed by atoms with Crippen LogP contribution in [0.3, 0.4) is 0 Å². The Morgan fingerprint density at radius 3 is 2.43 bits per heavy atom. The molecule has 1 N–H and O–H groups in total. The molecule has 0 atom stereocenters. The molecule has 1 aromatic carbocycles. The molecule has 0 bridgehead atoms. The molecular formula is C23H37N3O2. The van der Waals surface area contributed by atoms with Gasteiger partial charge in [-0.2, -0.15) is 0 Å². The third-order valence-electron chi connectivity index (χ3n) is 5.17. The summed E-state index contributed by atoms with van der Waals surface area (Å²) in [7, 11) is 1.53. The van der Waals surface area contributed by atoms with Crippen molar-refractivity contribution in [2.75, 3.05) is 20.3 Å². The highest BCUT2D eigenvalue weighted by Crippen LogP contribution is 2.18. The summed E-state index contributed by atoms with van der Waals surface area (Å²) in [6.45, 7) is 3.96. The molecule has 0 aliphatic rings. The number of fused-ring (bicyclic) bond motifs is 1. The topological polar surface area (TPSA) is 56.2 Å². The highest BCUT2D eigenvalue weighted by molar-refractivity contribution is 5.77. The molecule has 2 aromatic rings. The van der Waals surface area contributed by atoms with Crippen molar-refractivity contribution in [3.8, 4) is 0 Å². The number of carbonyl (C=O) groups excluding carboxylic acids is 1. The summed E-state index contributed by atoms with van der Waals surface area (Å²) < 4.78 is 7.19. The minimum absolute atomic E-state index is 0.0795. The molecule has 0 saturated heterocycles. The van der Waals surface area contributed by atoms with Gasteiger partial charge in [0.05, 0.1) is 11.0 Å². The van der Waals surface area contributed by atoms with Crippen molar-refractivity contribution in [3.63, 3.8) is 0 Å². The van der Waals surface area contributed by atoms with Gasteiger partial charge in [-0.15, -0.1) is 0 Å². The lowest BCUT2D eigenvalue weighted by Gasteiger charge is -2.10. The summed E-state index contributed by atoms with van der Waals surface area (Å²) in [5.41, 5.74) is 2.23. The zero-order valence-corrected chi connectivity index (χ0v) is 17.7. The number of nitrogens with one attached hydrogen (secondary N) is 1. The smallest absolute Gasteiger partial charge is 0.245 e. The first-order valence-electron chi connectivity index (χ1n) is 11.0. The molecule has 0 radical (unpaired) electrons. The van der Waals surface area contributed by atoms with Crippen LogP contribution in [0.1, 0.15) is 70.5 Å². The first-order valence-corrected chi connectivity index (χ1v) is 11.0. The van der Waals surface area contributed by atoms with Gasteiger partial charge in [-0.1, -0.05) is 70.4 Å². The van der Waals surface area contributed by atoms with Crippen LogP contribution in [0.15, 0.2) is 24.3 Å². The number of aryl methyl sites for hydroxylation is 1. The number of unbranched alkanes of at least 4 members (excludes halogenated alkanes) is 8.